The van der Waals surface area contributed by atoms with E-state index in [0.717, 1.165) is 6.07 Å². The standard InChI is InChI=1S/C21H19ClFN3O7/c1-11-9-16(27)26(21(29)25(11)2)17-13(23)10-12(22)18(24-17)32-14-7-5-6-8-15(14)33-20(31-4)19(28)30-3/h5-10,20H,1-4H3. The van der Waals surface area contributed by atoms with E-state index in [2.05, 4.69) is 9.72 Å². The lowest BCUT2D eigenvalue weighted by molar-refractivity contribution is -0.170. The first-order valence-electron chi connectivity index (χ1n) is 9.38. The van der Waals surface area contributed by atoms with Crippen molar-refractivity contribution in [3.05, 3.63) is 73.8 Å². The van der Waals surface area contributed by atoms with E-state index in [-0.39, 0.29) is 22.4 Å². The Labute approximate surface area is 191 Å². The molecule has 0 amide bonds. The van der Waals surface area contributed by atoms with E-state index in [9.17, 15) is 18.8 Å². The highest BCUT2D eigenvalue weighted by atomic mass is 35.5. The smallest absolute Gasteiger partial charge is 0.376 e. The number of nitrogens with zero attached hydrogens (tertiary/aromatic N) is 3. The second kappa shape index (κ2) is 9.84. The molecule has 0 aliphatic heterocycles. The van der Waals surface area contributed by atoms with Crippen LogP contribution in [0.15, 0.2) is 46.0 Å². The number of benzene rings is 1. The minimum Gasteiger partial charge on any atom is -0.464 e. The number of para-hydroxylation sites is 2. The van der Waals surface area contributed by atoms with Crippen molar-refractivity contribution in [2.24, 2.45) is 7.05 Å². The van der Waals surface area contributed by atoms with E-state index in [1.807, 2.05) is 0 Å². The van der Waals surface area contributed by atoms with Crippen LogP contribution in [0.3, 0.4) is 0 Å². The molecule has 2 aromatic heterocycles. The Balaban J connectivity index is 2.06. The van der Waals surface area contributed by atoms with Gasteiger partial charge >= 0.3 is 11.7 Å². The monoisotopic (exact) mass is 479 g/mol. The Hall–Kier alpha value is -3.70. The second-order valence-corrected chi connectivity index (χ2v) is 7.05. The zero-order valence-corrected chi connectivity index (χ0v) is 18.8. The molecule has 0 bridgehead atoms. The average molecular weight is 480 g/mol. The summed E-state index contributed by atoms with van der Waals surface area (Å²) in [4.78, 5) is 40.7. The van der Waals surface area contributed by atoms with Gasteiger partial charge in [0.25, 0.3) is 11.8 Å². The SMILES string of the molecule is COC(=O)C(OC)Oc1ccccc1Oc1nc(-n2c(=O)cc(C)n(C)c2=O)c(F)cc1Cl. The van der Waals surface area contributed by atoms with Crippen LogP contribution in [0.5, 0.6) is 17.4 Å². The number of aromatic nitrogens is 3. The third-order valence-electron chi connectivity index (χ3n) is 4.55. The molecule has 0 saturated heterocycles. The molecule has 0 aliphatic rings. The summed E-state index contributed by atoms with van der Waals surface area (Å²) in [6.45, 7) is 1.56. The van der Waals surface area contributed by atoms with Gasteiger partial charge in [-0.1, -0.05) is 23.7 Å². The number of halogens is 2. The highest BCUT2D eigenvalue weighted by Crippen LogP contribution is 2.35. The molecule has 12 heteroatoms. The van der Waals surface area contributed by atoms with Gasteiger partial charge in [-0.15, -0.1) is 0 Å². The molecular weight excluding hydrogens is 461 g/mol. The number of esters is 1. The molecule has 0 N–H and O–H groups in total. The summed E-state index contributed by atoms with van der Waals surface area (Å²) >= 11 is 6.10. The topological polar surface area (TPSA) is 111 Å². The minimum absolute atomic E-state index is 0.0413. The summed E-state index contributed by atoms with van der Waals surface area (Å²) in [5, 5.41) is -0.237. The fourth-order valence-corrected chi connectivity index (χ4v) is 2.92. The van der Waals surface area contributed by atoms with E-state index in [1.54, 1.807) is 19.1 Å². The van der Waals surface area contributed by atoms with Crippen molar-refractivity contribution in [2.75, 3.05) is 14.2 Å². The zero-order chi connectivity index (χ0) is 24.3. The van der Waals surface area contributed by atoms with Gasteiger partial charge in [-0.25, -0.2) is 18.5 Å². The summed E-state index contributed by atoms with van der Waals surface area (Å²) < 4.78 is 37.1. The Morgan fingerprint density at radius 2 is 1.82 bits per heavy atom. The fourth-order valence-electron chi connectivity index (χ4n) is 2.74. The fraction of sp³-hybridized carbons (Fsp3) is 0.238. The van der Waals surface area contributed by atoms with Gasteiger partial charge in [-0.05, 0) is 19.1 Å². The third-order valence-corrected chi connectivity index (χ3v) is 4.82. The van der Waals surface area contributed by atoms with Crippen LogP contribution in [0, 0.1) is 12.7 Å². The van der Waals surface area contributed by atoms with Gasteiger partial charge in [-0.2, -0.15) is 4.98 Å². The first kappa shape index (κ1) is 24.0. The number of rotatable bonds is 7. The van der Waals surface area contributed by atoms with Crippen molar-refractivity contribution >= 4 is 17.6 Å². The predicted molar refractivity (Wildman–Crippen MR) is 115 cm³/mol. The molecule has 3 aromatic rings. The maximum absolute atomic E-state index is 14.7. The molecule has 33 heavy (non-hydrogen) atoms. The van der Waals surface area contributed by atoms with Gasteiger partial charge < -0.3 is 23.5 Å². The number of hydrogen-bond acceptors (Lipinski definition) is 8. The lowest BCUT2D eigenvalue weighted by Crippen LogP contribution is -2.39. The Kier molecular flexibility index (Phi) is 7.14. The van der Waals surface area contributed by atoms with Crippen LogP contribution >= 0.6 is 11.6 Å². The molecule has 3 rings (SSSR count). The number of pyridine rings is 1. The van der Waals surface area contributed by atoms with Crippen molar-refractivity contribution in [1.29, 1.82) is 0 Å². The Morgan fingerprint density at radius 1 is 1.15 bits per heavy atom. The molecule has 174 valence electrons. The molecular formula is C21H19ClFN3O7. The van der Waals surface area contributed by atoms with E-state index in [1.165, 1.54) is 44.0 Å². The molecule has 0 radical (unpaired) electrons. The van der Waals surface area contributed by atoms with Crippen molar-refractivity contribution in [2.45, 2.75) is 13.2 Å². The van der Waals surface area contributed by atoms with Gasteiger partial charge in [-0.3, -0.25) is 4.79 Å². The molecule has 0 aliphatic carbocycles. The van der Waals surface area contributed by atoms with Crippen LogP contribution < -0.4 is 20.7 Å². The lowest BCUT2D eigenvalue weighted by atomic mass is 10.3. The Morgan fingerprint density at radius 3 is 2.45 bits per heavy atom. The van der Waals surface area contributed by atoms with Crippen molar-refractivity contribution in [3.63, 3.8) is 0 Å². The van der Waals surface area contributed by atoms with Crippen molar-refractivity contribution in [1.82, 2.24) is 14.1 Å². The average Bonchev–Trinajstić information content (AvgIpc) is 2.79. The second-order valence-electron chi connectivity index (χ2n) is 6.64. The first-order valence-corrected chi connectivity index (χ1v) is 9.76. The van der Waals surface area contributed by atoms with Gasteiger partial charge in [0, 0.05) is 32.0 Å². The highest BCUT2D eigenvalue weighted by molar-refractivity contribution is 6.31. The van der Waals surface area contributed by atoms with Crippen LogP contribution in [-0.4, -0.2) is 40.6 Å². The van der Waals surface area contributed by atoms with Crippen LogP contribution in [0.4, 0.5) is 4.39 Å². The van der Waals surface area contributed by atoms with Crippen LogP contribution in [0.1, 0.15) is 5.69 Å². The van der Waals surface area contributed by atoms with E-state index in [4.69, 9.17) is 25.8 Å². The highest BCUT2D eigenvalue weighted by Gasteiger charge is 2.23. The van der Waals surface area contributed by atoms with Crippen molar-refractivity contribution < 1.29 is 28.1 Å². The summed E-state index contributed by atoms with van der Waals surface area (Å²) in [6, 6.07) is 8.17. The van der Waals surface area contributed by atoms with Crippen LogP contribution in [-0.2, 0) is 21.3 Å². The third kappa shape index (κ3) is 4.89. The molecule has 1 unspecified atom stereocenters. The molecule has 2 heterocycles. The number of carbonyl (C=O) groups excluding carboxylic acids is 1. The van der Waals surface area contributed by atoms with Crippen molar-refractivity contribution in [3.8, 4) is 23.2 Å². The lowest BCUT2D eigenvalue weighted by Gasteiger charge is -2.18. The van der Waals surface area contributed by atoms with Gasteiger partial charge in [0.05, 0.1) is 7.11 Å². The van der Waals surface area contributed by atoms with E-state index in [0.29, 0.717) is 10.3 Å². The number of ether oxygens (including phenoxy) is 4. The number of aryl methyl sites for hydroxylation is 1. The summed E-state index contributed by atoms with van der Waals surface area (Å²) in [7, 11) is 3.84. The Bertz CT molecular complexity index is 1320. The summed E-state index contributed by atoms with van der Waals surface area (Å²) in [5.41, 5.74) is -1.19. The zero-order valence-electron chi connectivity index (χ0n) is 18.0. The quantitative estimate of drug-likeness (QED) is 0.375. The number of methoxy groups -OCH3 is 2. The molecule has 1 atom stereocenters. The maximum atomic E-state index is 14.7. The molecule has 0 fully saturated rings. The summed E-state index contributed by atoms with van der Waals surface area (Å²) in [6.07, 6.45) is -1.39. The largest absolute Gasteiger partial charge is 0.464 e. The number of hydrogen-bond donors (Lipinski definition) is 0. The van der Waals surface area contributed by atoms with Gasteiger partial charge in [0.2, 0.25) is 5.88 Å². The van der Waals surface area contributed by atoms with Gasteiger partial charge in [0.15, 0.2) is 23.1 Å². The number of carbonyl (C=O) groups is 1. The molecule has 0 spiro atoms. The molecule has 1 aromatic carbocycles. The van der Waals surface area contributed by atoms with Crippen LogP contribution in [0.2, 0.25) is 5.02 Å². The van der Waals surface area contributed by atoms with Crippen LogP contribution in [0.25, 0.3) is 5.82 Å². The van der Waals surface area contributed by atoms with E-state index >= 15 is 0 Å². The molecule has 10 nitrogen and oxygen atoms in total. The van der Waals surface area contributed by atoms with E-state index < -0.39 is 35.1 Å². The normalized spacial score (nSPS) is 11.7. The molecule has 0 saturated carbocycles. The van der Waals surface area contributed by atoms with Gasteiger partial charge in [0.1, 0.15) is 5.02 Å². The predicted octanol–water partition coefficient (Wildman–Crippen LogP) is 2.35. The summed E-state index contributed by atoms with van der Waals surface area (Å²) in [5.74, 6) is -2.61. The maximum Gasteiger partial charge on any atom is 0.376 e. The first-order chi connectivity index (χ1) is 15.7. The minimum atomic E-state index is -1.39.